The normalized spacial score (nSPS) is 24.9. The van der Waals surface area contributed by atoms with E-state index in [-0.39, 0.29) is 17.6 Å². The van der Waals surface area contributed by atoms with Crippen LogP contribution in [0.15, 0.2) is 18.2 Å². The smallest absolute Gasteiger partial charge is 0.223 e. The highest BCUT2D eigenvalue weighted by atomic mass is 19.1. The summed E-state index contributed by atoms with van der Waals surface area (Å²) in [4.78, 5) is 14.6. The summed E-state index contributed by atoms with van der Waals surface area (Å²) in [5.41, 5.74) is 1.14. The van der Waals surface area contributed by atoms with Crippen molar-refractivity contribution in [1.29, 1.82) is 5.26 Å². The van der Waals surface area contributed by atoms with Gasteiger partial charge in [-0.05, 0) is 55.7 Å². The Hall–Kier alpha value is -2.13. The molecule has 26 heavy (non-hydrogen) atoms. The molecule has 138 valence electrons. The summed E-state index contributed by atoms with van der Waals surface area (Å²) in [6, 6.07) is 6.83. The van der Waals surface area contributed by atoms with Crippen molar-refractivity contribution < 1.29 is 13.9 Å². The summed E-state index contributed by atoms with van der Waals surface area (Å²) in [5.74, 6) is -0.213. The number of halogens is 1. The van der Waals surface area contributed by atoms with E-state index in [0.717, 1.165) is 45.3 Å². The van der Waals surface area contributed by atoms with Crippen molar-refractivity contribution in [2.45, 2.75) is 38.1 Å². The quantitative estimate of drug-likeness (QED) is 0.903. The van der Waals surface area contributed by atoms with Crippen LogP contribution in [0.1, 0.15) is 37.7 Å². The number of amides is 1. The van der Waals surface area contributed by atoms with Gasteiger partial charge in [0.2, 0.25) is 5.91 Å². The fraction of sp³-hybridized carbons (Fsp3) is 0.600. The number of piperidine rings is 1. The Labute approximate surface area is 153 Å². The molecule has 3 aliphatic rings. The van der Waals surface area contributed by atoms with Gasteiger partial charge in [0.1, 0.15) is 5.82 Å². The lowest BCUT2D eigenvalue weighted by Crippen LogP contribution is -2.42. The molecule has 1 atom stereocenters. The topological polar surface area (TPSA) is 65.4 Å². The third kappa shape index (κ3) is 3.28. The third-order valence-corrected chi connectivity index (χ3v) is 6.28. The van der Waals surface area contributed by atoms with E-state index in [2.05, 4.69) is 5.32 Å². The highest BCUT2D eigenvalue weighted by molar-refractivity contribution is 5.79. The number of nitrogens with one attached hydrogen (secondary N) is 1. The number of carbonyl (C=O) groups excluding carboxylic acids is 1. The number of nitriles is 1. The average molecular weight is 357 g/mol. The van der Waals surface area contributed by atoms with Crippen LogP contribution in [0.25, 0.3) is 0 Å². The molecule has 6 heteroatoms. The Morgan fingerprint density at radius 1 is 1.31 bits per heavy atom. The molecule has 1 aliphatic carbocycles. The van der Waals surface area contributed by atoms with Crippen LogP contribution in [0.3, 0.4) is 0 Å². The fourth-order valence-electron chi connectivity index (χ4n) is 4.39. The minimum atomic E-state index is -0.369. The van der Waals surface area contributed by atoms with Crippen LogP contribution in [-0.2, 0) is 9.53 Å². The highest BCUT2D eigenvalue weighted by Gasteiger charge is 2.55. The zero-order chi connectivity index (χ0) is 18.1. The molecular weight excluding hydrogens is 333 g/mol. The Morgan fingerprint density at radius 2 is 2.04 bits per heavy atom. The van der Waals surface area contributed by atoms with Gasteiger partial charge >= 0.3 is 0 Å². The molecule has 2 saturated heterocycles. The monoisotopic (exact) mass is 357 g/mol. The lowest BCUT2D eigenvalue weighted by molar-refractivity contribution is -0.126. The van der Waals surface area contributed by atoms with Gasteiger partial charge in [0.05, 0.1) is 17.3 Å². The SMILES string of the molecule is N#Cc1ccc(N2CCC(C(=O)NC3CC34CCOCC4)CC2)c(F)c1. The lowest BCUT2D eigenvalue weighted by atomic mass is 9.94. The van der Waals surface area contributed by atoms with E-state index in [1.54, 1.807) is 12.1 Å². The van der Waals surface area contributed by atoms with E-state index in [1.165, 1.54) is 6.07 Å². The van der Waals surface area contributed by atoms with Crippen LogP contribution in [0.5, 0.6) is 0 Å². The van der Waals surface area contributed by atoms with Gasteiger partial charge in [0.25, 0.3) is 0 Å². The second kappa shape index (κ2) is 6.88. The number of carbonyl (C=O) groups is 1. The summed E-state index contributed by atoms with van der Waals surface area (Å²) in [6.07, 6.45) is 4.64. The molecule has 1 saturated carbocycles. The van der Waals surface area contributed by atoms with Crippen molar-refractivity contribution in [3.05, 3.63) is 29.6 Å². The van der Waals surface area contributed by atoms with Crippen LogP contribution in [0.2, 0.25) is 0 Å². The van der Waals surface area contributed by atoms with Crippen molar-refractivity contribution in [3.8, 4) is 6.07 Å². The van der Waals surface area contributed by atoms with E-state index in [1.807, 2.05) is 11.0 Å². The molecule has 0 bridgehead atoms. The molecule has 1 aromatic carbocycles. The molecule has 4 rings (SSSR count). The average Bonchev–Trinajstić information content (AvgIpc) is 3.32. The number of benzene rings is 1. The Balaban J connectivity index is 1.30. The molecule has 1 spiro atoms. The van der Waals surface area contributed by atoms with Crippen LogP contribution in [0.4, 0.5) is 10.1 Å². The Kier molecular flexibility index (Phi) is 4.58. The first-order chi connectivity index (χ1) is 12.6. The summed E-state index contributed by atoms with van der Waals surface area (Å²) < 4.78 is 19.6. The van der Waals surface area contributed by atoms with Crippen molar-refractivity contribution in [2.24, 2.45) is 11.3 Å². The number of nitrogens with zero attached hydrogens (tertiary/aromatic N) is 2. The zero-order valence-electron chi connectivity index (χ0n) is 14.8. The third-order valence-electron chi connectivity index (χ3n) is 6.28. The van der Waals surface area contributed by atoms with Crippen LogP contribution < -0.4 is 10.2 Å². The van der Waals surface area contributed by atoms with Crippen LogP contribution >= 0.6 is 0 Å². The Morgan fingerprint density at radius 3 is 2.69 bits per heavy atom. The molecule has 1 unspecified atom stereocenters. The molecule has 5 nitrogen and oxygen atoms in total. The predicted molar refractivity (Wildman–Crippen MR) is 95.1 cm³/mol. The minimum Gasteiger partial charge on any atom is -0.381 e. The first-order valence-corrected chi connectivity index (χ1v) is 9.44. The fourth-order valence-corrected chi connectivity index (χ4v) is 4.39. The standard InChI is InChI=1S/C20H24FN3O2/c21-16-11-14(13-22)1-2-17(16)24-7-3-15(4-8-24)19(25)23-18-12-20(18)5-9-26-10-6-20/h1-2,11,15,18H,3-10,12H2,(H,23,25). The second-order valence-corrected chi connectivity index (χ2v) is 7.78. The number of hydrogen-bond donors (Lipinski definition) is 1. The summed E-state index contributed by atoms with van der Waals surface area (Å²) in [5, 5.41) is 12.1. The summed E-state index contributed by atoms with van der Waals surface area (Å²) in [7, 11) is 0. The number of anilines is 1. The first kappa shape index (κ1) is 17.3. The predicted octanol–water partition coefficient (Wildman–Crippen LogP) is 2.60. The molecule has 2 aliphatic heterocycles. The second-order valence-electron chi connectivity index (χ2n) is 7.78. The Bertz CT molecular complexity index is 731. The summed E-state index contributed by atoms with van der Waals surface area (Å²) >= 11 is 0. The first-order valence-electron chi connectivity index (χ1n) is 9.44. The minimum absolute atomic E-state index is 0.00480. The van der Waals surface area contributed by atoms with Crippen molar-refractivity contribution in [1.82, 2.24) is 5.32 Å². The van der Waals surface area contributed by atoms with Gasteiger partial charge in [0, 0.05) is 38.3 Å². The van der Waals surface area contributed by atoms with E-state index in [4.69, 9.17) is 10.00 Å². The zero-order valence-corrected chi connectivity index (χ0v) is 14.8. The molecule has 2 heterocycles. The largest absolute Gasteiger partial charge is 0.381 e. The highest BCUT2D eigenvalue weighted by Crippen LogP contribution is 2.53. The number of hydrogen-bond acceptors (Lipinski definition) is 4. The van der Waals surface area contributed by atoms with Gasteiger partial charge in [-0.1, -0.05) is 0 Å². The van der Waals surface area contributed by atoms with Crippen molar-refractivity contribution in [2.75, 3.05) is 31.2 Å². The van der Waals surface area contributed by atoms with Gasteiger partial charge < -0.3 is 15.0 Å². The number of rotatable bonds is 3. The summed E-state index contributed by atoms with van der Waals surface area (Å²) in [6.45, 7) is 2.93. The molecule has 0 radical (unpaired) electrons. The van der Waals surface area contributed by atoms with E-state index >= 15 is 0 Å². The van der Waals surface area contributed by atoms with Gasteiger partial charge in [0.15, 0.2) is 0 Å². The molecular formula is C20H24FN3O2. The van der Waals surface area contributed by atoms with Gasteiger partial charge in [-0.2, -0.15) is 5.26 Å². The molecule has 0 aromatic heterocycles. The maximum Gasteiger partial charge on any atom is 0.223 e. The van der Waals surface area contributed by atoms with Crippen molar-refractivity contribution >= 4 is 11.6 Å². The molecule has 1 aromatic rings. The van der Waals surface area contributed by atoms with E-state index in [9.17, 15) is 9.18 Å². The molecule has 1 amide bonds. The molecule has 3 fully saturated rings. The number of ether oxygens (including phenoxy) is 1. The lowest BCUT2D eigenvalue weighted by Gasteiger charge is -2.33. The van der Waals surface area contributed by atoms with Gasteiger partial charge in [-0.25, -0.2) is 4.39 Å². The van der Waals surface area contributed by atoms with Crippen molar-refractivity contribution in [3.63, 3.8) is 0 Å². The maximum absolute atomic E-state index is 14.2. The van der Waals surface area contributed by atoms with Crippen LogP contribution in [0, 0.1) is 28.5 Å². The maximum atomic E-state index is 14.2. The molecule has 1 N–H and O–H groups in total. The van der Waals surface area contributed by atoms with Crippen LogP contribution in [-0.4, -0.2) is 38.3 Å². The van der Waals surface area contributed by atoms with E-state index < -0.39 is 0 Å². The van der Waals surface area contributed by atoms with Gasteiger partial charge in [-0.3, -0.25) is 4.79 Å². The van der Waals surface area contributed by atoms with E-state index in [0.29, 0.717) is 35.8 Å². The van der Waals surface area contributed by atoms with Gasteiger partial charge in [-0.15, -0.1) is 0 Å².